The van der Waals surface area contributed by atoms with E-state index < -0.39 is 0 Å². The SMILES string of the molecule is [CH2]c1cnc(Cc2ccccc2)s1. The highest BCUT2D eigenvalue weighted by atomic mass is 32.1. The zero-order valence-electron chi connectivity index (χ0n) is 7.23. The van der Waals surface area contributed by atoms with Crippen LogP contribution in [0.1, 0.15) is 15.4 Å². The van der Waals surface area contributed by atoms with E-state index in [-0.39, 0.29) is 0 Å². The Labute approximate surface area is 82.1 Å². The highest BCUT2D eigenvalue weighted by molar-refractivity contribution is 7.11. The van der Waals surface area contributed by atoms with Gasteiger partial charge in [-0.3, -0.25) is 0 Å². The minimum atomic E-state index is 0.918. The predicted octanol–water partition coefficient (Wildman–Crippen LogP) is 2.92. The van der Waals surface area contributed by atoms with Crippen LogP contribution in [0.25, 0.3) is 0 Å². The Kier molecular flexibility index (Phi) is 2.41. The Morgan fingerprint density at radius 2 is 2.00 bits per heavy atom. The molecule has 0 N–H and O–H groups in total. The molecule has 2 heteroatoms. The van der Waals surface area contributed by atoms with Crippen LogP contribution in [-0.2, 0) is 6.42 Å². The van der Waals surface area contributed by atoms with Gasteiger partial charge in [-0.05, 0) is 12.5 Å². The first kappa shape index (κ1) is 8.45. The molecule has 1 aromatic carbocycles. The van der Waals surface area contributed by atoms with Gasteiger partial charge in [0.2, 0.25) is 0 Å². The molecule has 0 spiro atoms. The molecule has 13 heavy (non-hydrogen) atoms. The van der Waals surface area contributed by atoms with E-state index in [2.05, 4.69) is 24.0 Å². The lowest BCUT2D eigenvalue weighted by molar-refractivity contribution is 1.14. The van der Waals surface area contributed by atoms with Crippen LogP contribution in [0.3, 0.4) is 0 Å². The molecular formula is C11H10NS. The first-order valence-corrected chi connectivity index (χ1v) is 4.97. The second kappa shape index (κ2) is 3.71. The molecule has 0 aliphatic carbocycles. The van der Waals surface area contributed by atoms with E-state index >= 15 is 0 Å². The van der Waals surface area contributed by atoms with Gasteiger partial charge >= 0.3 is 0 Å². The summed E-state index contributed by atoms with van der Waals surface area (Å²) in [6.45, 7) is 3.84. The summed E-state index contributed by atoms with van der Waals surface area (Å²) in [7, 11) is 0. The van der Waals surface area contributed by atoms with E-state index in [4.69, 9.17) is 0 Å². The van der Waals surface area contributed by atoms with Crippen molar-refractivity contribution < 1.29 is 0 Å². The van der Waals surface area contributed by atoms with Crippen LogP contribution in [0.5, 0.6) is 0 Å². The molecule has 2 rings (SSSR count). The molecule has 0 saturated carbocycles. The van der Waals surface area contributed by atoms with E-state index in [0.29, 0.717) is 0 Å². The molecule has 0 saturated heterocycles. The Hall–Kier alpha value is -1.15. The molecule has 65 valence electrons. The Morgan fingerprint density at radius 1 is 1.23 bits per heavy atom. The van der Waals surface area contributed by atoms with Crippen molar-refractivity contribution in [1.82, 2.24) is 4.98 Å². The van der Waals surface area contributed by atoms with Gasteiger partial charge in [-0.2, -0.15) is 0 Å². The molecule has 0 bridgehead atoms. The van der Waals surface area contributed by atoms with Gasteiger partial charge in [0, 0.05) is 17.5 Å². The Morgan fingerprint density at radius 3 is 2.62 bits per heavy atom. The van der Waals surface area contributed by atoms with Gasteiger partial charge in [-0.25, -0.2) is 4.98 Å². The van der Waals surface area contributed by atoms with Crippen LogP contribution < -0.4 is 0 Å². The lowest BCUT2D eigenvalue weighted by atomic mass is 10.2. The van der Waals surface area contributed by atoms with Crippen LogP contribution >= 0.6 is 11.3 Å². The third kappa shape index (κ3) is 2.16. The molecule has 0 atom stereocenters. The summed E-state index contributed by atoms with van der Waals surface area (Å²) in [5.74, 6) is 0. The minimum absolute atomic E-state index is 0.918. The summed E-state index contributed by atoms with van der Waals surface area (Å²) in [5, 5.41) is 1.14. The lowest BCUT2D eigenvalue weighted by Gasteiger charge is -1.95. The fourth-order valence-corrected chi connectivity index (χ4v) is 1.95. The van der Waals surface area contributed by atoms with E-state index in [1.54, 1.807) is 11.3 Å². The molecule has 0 amide bonds. The van der Waals surface area contributed by atoms with Crippen LogP contribution in [0, 0.1) is 6.92 Å². The largest absolute Gasteiger partial charge is 0.249 e. The molecule has 2 aromatic rings. The first-order chi connectivity index (χ1) is 6.34. The summed E-state index contributed by atoms with van der Waals surface area (Å²) in [4.78, 5) is 5.30. The van der Waals surface area contributed by atoms with Gasteiger partial charge in [-0.15, -0.1) is 11.3 Å². The molecule has 1 aromatic heterocycles. The van der Waals surface area contributed by atoms with Gasteiger partial charge in [0.25, 0.3) is 0 Å². The standard InChI is InChI=1S/C11H10NS/c1-9-8-12-11(13-9)7-10-5-3-2-4-6-10/h2-6,8H,1,7H2. The van der Waals surface area contributed by atoms with E-state index in [0.717, 1.165) is 16.3 Å². The van der Waals surface area contributed by atoms with Crippen molar-refractivity contribution in [3.05, 3.63) is 58.9 Å². The molecule has 1 nitrogen and oxygen atoms in total. The second-order valence-corrected chi connectivity index (χ2v) is 4.08. The molecule has 0 aliphatic heterocycles. The van der Waals surface area contributed by atoms with Crippen molar-refractivity contribution in [1.29, 1.82) is 0 Å². The summed E-state index contributed by atoms with van der Waals surface area (Å²) >= 11 is 1.66. The fraction of sp³-hybridized carbons (Fsp3) is 0.0909. The highest BCUT2D eigenvalue weighted by Crippen LogP contribution is 2.15. The zero-order valence-corrected chi connectivity index (χ0v) is 8.05. The third-order valence-electron chi connectivity index (χ3n) is 1.80. The van der Waals surface area contributed by atoms with Crippen molar-refractivity contribution in [3.8, 4) is 0 Å². The normalized spacial score (nSPS) is 10.2. The van der Waals surface area contributed by atoms with Crippen molar-refractivity contribution in [2.75, 3.05) is 0 Å². The topological polar surface area (TPSA) is 12.9 Å². The van der Waals surface area contributed by atoms with Crippen LogP contribution in [0.15, 0.2) is 36.5 Å². The van der Waals surface area contributed by atoms with Crippen LogP contribution in [0.4, 0.5) is 0 Å². The summed E-state index contributed by atoms with van der Waals surface area (Å²) in [6, 6.07) is 10.4. The van der Waals surface area contributed by atoms with Crippen molar-refractivity contribution in [2.45, 2.75) is 6.42 Å². The predicted molar refractivity (Wildman–Crippen MR) is 55.8 cm³/mol. The smallest absolute Gasteiger partial charge is 0.0971 e. The first-order valence-electron chi connectivity index (χ1n) is 4.15. The summed E-state index contributed by atoms with van der Waals surface area (Å²) in [5.41, 5.74) is 1.30. The van der Waals surface area contributed by atoms with Gasteiger partial charge in [0.1, 0.15) is 0 Å². The molecule has 0 unspecified atom stereocenters. The summed E-state index contributed by atoms with van der Waals surface area (Å²) < 4.78 is 0. The molecular weight excluding hydrogens is 178 g/mol. The van der Waals surface area contributed by atoms with Gasteiger partial charge in [-0.1, -0.05) is 30.3 Å². The number of hydrogen-bond acceptors (Lipinski definition) is 2. The van der Waals surface area contributed by atoms with Crippen LogP contribution in [0.2, 0.25) is 0 Å². The van der Waals surface area contributed by atoms with Gasteiger partial charge < -0.3 is 0 Å². The maximum atomic E-state index is 4.27. The Bertz CT molecular complexity index is 378. The fourth-order valence-electron chi connectivity index (χ4n) is 1.20. The summed E-state index contributed by atoms with van der Waals surface area (Å²) in [6.07, 6.45) is 2.74. The minimum Gasteiger partial charge on any atom is -0.249 e. The van der Waals surface area contributed by atoms with E-state index in [1.807, 2.05) is 24.4 Å². The van der Waals surface area contributed by atoms with E-state index in [1.165, 1.54) is 5.56 Å². The molecule has 0 aliphatic rings. The second-order valence-electron chi connectivity index (χ2n) is 2.88. The molecule has 1 heterocycles. The van der Waals surface area contributed by atoms with Crippen molar-refractivity contribution in [2.24, 2.45) is 0 Å². The number of thiazole rings is 1. The number of hydrogen-bond donors (Lipinski definition) is 0. The highest BCUT2D eigenvalue weighted by Gasteiger charge is 1.99. The van der Waals surface area contributed by atoms with Crippen LogP contribution in [-0.4, -0.2) is 4.98 Å². The number of nitrogens with zero attached hydrogens (tertiary/aromatic N) is 1. The number of benzene rings is 1. The average Bonchev–Trinajstić information content (AvgIpc) is 2.53. The zero-order chi connectivity index (χ0) is 9.10. The number of rotatable bonds is 2. The molecule has 0 fully saturated rings. The lowest BCUT2D eigenvalue weighted by Crippen LogP contribution is -1.84. The quantitative estimate of drug-likeness (QED) is 0.706. The van der Waals surface area contributed by atoms with Gasteiger partial charge in [0.15, 0.2) is 0 Å². The van der Waals surface area contributed by atoms with Crippen molar-refractivity contribution >= 4 is 11.3 Å². The maximum absolute atomic E-state index is 4.27. The van der Waals surface area contributed by atoms with Crippen molar-refractivity contribution in [3.63, 3.8) is 0 Å². The molecule has 1 radical (unpaired) electrons. The van der Waals surface area contributed by atoms with E-state index in [9.17, 15) is 0 Å². The van der Waals surface area contributed by atoms with Gasteiger partial charge in [0.05, 0.1) is 5.01 Å². The monoisotopic (exact) mass is 188 g/mol. The third-order valence-corrected chi connectivity index (χ3v) is 2.65. The average molecular weight is 188 g/mol. The Balaban J connectivity index is 2.15. The number of aromatic nitrogens is 1. The maximum Gasteiger partial charge on any atom is 0.0971 e.